The highest BCUT2D eigenvalue weighted by Gasteiger charge is 2.46. The molecule has 1 fully saturated rings. The van der Waals surface area contributed by atoms with Crippen LogP contribution in [-0.4, -0.2) is 71.2 Å². The second-order valence-electron chi connectivity index (χ2n) is 10.0. The van der Waals surface area contributed by atoms with E-state index in [-0.39, 0.29) is 59.7 Å². The van der Waals surface area contributed by atoms with Gasteiger partial charge in [-0.2, -0.15) is 0 Å². The molecular weight excluding hydrogens is 487 g/mol. The van der Waals surface area contributed by atoms with Crippen molar-refractivity contribution in [2.75, 3.05) is 33.7 Å². The number of nitrogens with zero attached hydrogens (tertiary/aromatic N) is 2. The lowest BCUT2D eigenvalue weighted by molar-refractivity contribution is -0.130. The zero-order valence-corrected chi connectivity index (χ0v) is 21.6. The third kappa shape index (κ3) is 5.60. The minimum absolute atomic E-state index is 0.00447. The molecule has 198 valence electrons. The van der Waals surface area contributed by atoms with Crippen LogP contribution in [-0.2, 0) is 4.79 Å². The average Bonchev–Trinajstić information content (AvgIpc) is 2.89. The molecule has 3 aromatic carbocycles. The van der Waals surface area contributed by atoms with Crippen molar-refractivity contribution in [3.63, 3.8) is 0 Å². The van der Waals surface area contributed by atoms with Crippen molar-refractivity contribution < 1.29 is 29.0 Å². The zero-order chi connectivity index (χ0) is 27.6. The molecule has 7 nitrogen and oxygen atoms in total. The van der Waals surface area contributed by atoms with Crippen LogP contribution in [0.3, 0.4) is 0 Å². The first kappa shape index (κ1) is 27.0. The Hall–Kier alpha value is -4.04. The van der Waals surface area contributed by atoms with Crippen molar-refractivity contribution in [1.29, 1.82) is 0 Å². The van der Waals surface area contributed by atoms with Gasteiger partial charge < -0.3 is 15.1 Å². The molecule has 38 heavy (non-hydrogen) atoms. The van der Waals surface area contributed by atoms with Crippen LogP contribution in [0.4, 0.5) is 4.39 Å². The van der Waals surface area contributed by atoms with Crippen LogP contribution in [0.2, 0.25) is 0 Å². The van der Waals surface area contributed by atoms with E-state index in [0.29, 0.717) is 11.1 Å². The summed E-state index contributed by atoms with van der Waals surface area (Å²) >= 11 is 0. The van der Waals surface area contributed by atoms with Crippen molar-refractivity contribution in [1.82, 2.24) is 9.80 Å². The Balaban J connectivity index is 1.87. The van der Waals surface area contributed by atoms with Gasteiger partial charge in [-0.1, -0.05) is 36.4 Å². The van der Waals surface area contributed by atoms with Crippen LogP contribution >= 0.6 is 0 Å². The number of likely N-dealkylation sites (tertiary alicyclic amines) is 1. The predicted octanol–water partition coefficient (Wildman–Crippen LogP) is 4.03. The highest BCUT2D eigenvalue weighted by atomic mass is 19.1. The summed E-state index contributed by atoms with van der Waals surface area (Å²) in [5.41, 5.74) is 1.41. The van der Waals surface area contributed by atoms with Crippen molar-refractivity contribution in [3.05, 3.63) is 94.8 Å². The molecule has 0 spiro atoms. The largest absolute Gasteiger partial charge is 0.508 e. The number of amides is 1. The molecule has 3 aromatic rings. The van der Waals surface area contributed by atoms with Crippen LogP contribution in [0.1, 0.15) is 37.8 Å². The topological polar surface area (TPSA) is 98.2 Å². The van der Waals surface area contributed by atoms with Crippen molar-refractivity contribution >= 4 is 17.5 Å². The van der Waals surface area contributed by atoms with Crippen molar-refractivity contribution in [2.45, 2.75) is 12.8 Å². The second kappa shape index (κ2) is 11.1. The molecule has 4 rings (SSSR count). The molecule has 2 N–H and O–H groups in total. The summed E-state index contributed by atoms with van der Waals surface area (Å²) in [7, 11) is 3.27. The summed E-state index contributed by atoms with van der Waals surface area (Å²) in [5.74, 6) is -3.73. The van der Waals surface area contributed by atoms with Crippen LogP contribution < -0.4 is 0 Å². The SMILES string of the molecule is Cc1c(F)cccc1C1[C@@H](C(=O)c2cccc(O)c2)CN(CC(=O)N(C)C)C[C@@H]1C(=O)c1cccc(O)c1. The van der Waals surface area contributed by atoms with Gasteiger partial charge in [0.25, 0.3) is 0 Å². The lowest BCUT2D eigenvalue weighted by Gasteiger charge is -2.43. The Bertz CT molecular complexity index is 1300. The number of hydrogen-bond donors (Lipinski definition) is 2. The fraction of sp³-hybridized carbons (Fsp3) is 0.300. The van der Waals surface area contributed by atoms with Crippen LogP contribution in [0.25, 0.3) is 0 Å². The Morgan fingerprint density at radius 2 is 1.37 bits per heavy atom. The molecule has 0 aliphatic carbocycles. The Kier molecular flexibility index (Phi) is 7.92. The van der Waals surface area contributed by atoms with E-state index < -0.39 is 23.6 Å². The maximum Gasteiger partial charge on any atom is 0.236 e. The number of phenols is 2. The van der Waals surface area contributed by atoms with Gasteiger partial charge in [0.2, 0.25) is 5.91 Å². The maximum absolute atomic E-state index is 14.8. The number of halogens is 1. The minimum atomic E-state index is -0.813. The number of carbonyl (C=O) groups excluding carboxylic acids is 3. The van der Waals surface area contributed by atoms with E-state index in [1.165, 1.54) is 35.2 Å². The van der Waals surface area contributed by atoms with Gasteiger partial charge in [-0.3, -0.25) is 19.3 Å². The number of carbonyl (C=O) groups is 3. The lowest BCUT2D eigenvalue weighted by atomic mass is 9.67. The molecule has 1 aliphatic heterocycles. The molecule has 1 aliphatic rings. The third-order valence-corrected chi connectivity index (χ3v) is 7.24. The number of ketones is 2. The molecule has 1 amide bonds. The molecule has 0 aromatic heterocycles. The number of hydrogen-bond acceptors (Lipinski definition) is 6. The second-order valence-corrected chi connectivity index (χ2v) is 10.0. The summed E-state index contributed by atoms with van der Waals surface area (Å²) < 4.78 is 14.8. The number of rotatable bonds is 7. The van der Waals surface area contributed by atoms with E-state index in [1.54, 1.807) is 62.3 Å². The standard InChI is InChI=1S/C30H31FN2O5/c1-18-23(11-6-12-26(18)31)28-24(29(37)19-7-4-9-21(34)13-19)15-33(17-27(36)32(2)3)16-25(28)30(38)20-8-5-10-22(35)14-20/h4-14,24-25,28,34-35H,15-17H2,1-3H3/t24-,25-/m0/s1. The predicted molar refractivity (Wildman–Crippen MR) is 141 cm³/mol. The number of Topliss-reactive ketones (excluding diaryl/α,β-unsaturated/α-hetero) is 2. The smallest absolute Gasteiger partial charge is 0.236 e. The fourth-order valence-electron chi connectivity index (χ4n) is 5.26. The number of phenolic OH excluding ortho intramolecular Hbond substituents is 2. The molecule has 2 atom stereocenters. The fourth-order valence-corrected chi connectivity index (χ4v) is 5.26. The van der Waals surface area contributed by atoms with Gasteiger partial charge >= 0.3 is 0 Å². The number of benzene rings is 3. The molecule has 0 saturated carbocycles. The molecule has 1 saturated heterocycles. The Labute approximate surface area is 221 Å². The monoisotopic (exact) mass is 518 g/mol. The number of likely N-dealkylation sites (N-methyl/N-ethyl adjacent to an activating group) is 1. The molecule has 0 unspecified atom stereocenters. The minimum Gasteiger partial charge on any atom is -0.508 e. The molecule has 1 heterocycles. The normalized spacial score (nSPS) is 18.2. The van der Waals surface area contributed by atoms with Gasteiger partial charge in [-0.25, -0.2) is 4.39 Å². The number of piperidine rings is 1. The van der Waals surface area contributed by atoms with E-state index >= 15 is 0 Å². The Morgan fingerprint density at radius 3 is 1.84 bits per heavy atom. The van der Waals surface area contributed by atoms with Gasteiger partial charge in [-0.05, 0) is 48.4 Å². The van der Waals surface area contributed by atoms with Gasteiger partial charge in [0.1, 0.15) is 17.3 Å². The van der Waals surface area contributed by atoms with Crippen molar-refractivity contribution in [3.8, 4) is 11.5 Å². The summed E-state index contributed by atoms with van der Waals surface area (Å²) in [5, 5.41) is 20.1. The number of aromatic hydroxyl groups is 2. The van der Waals surface area contributed by atoms with E-state index in [2.05, 4.69) is 0 Å². The summed E-state index contributed by atoms with van der Waals surface area (Å²) in [6.45, 7) is 1.95. The molecule has 0 bridgehead atoms. The Morgan fingerprint density at radius 1 is 0.868 bits per heavy atom. The van der Waals surface area contributed by atoms with Crippen molar-refractivity contribution in [2.24, 2.45) is 11.8 Å². The summed E-state index contributed by atoms with van der Waals surface area (Å²) in [4.78, 5) is 43.8. The highest BCUT2D eigenvalue weighted by molar-refractivity contribution is 6.02. The first-order chi connectivity index (χ1) is 18.1. The van der Waals surface area contributed by atoms with Gasteiger partial charge in [-0.15, -0.1) is 0 Å². The lowest BCUT2D eigenvalue weighted by Crippen LogP contribution is -2.52. The zero-order valence-electron chi connectivity index (χ0n) is 21.6. The van der Waals surface area contributed by atoms with E-state index in [4.69, 9.17) is 0 Å². The van der Waals surface area contributed by atoms with Crippen LogP contribution in [0.5, 0.6) is 11.5 Å². The van der Waals surface area contributed by atoms with Gasteiger partial charge in [0.05, 0.1) is 6.54 Å². The van der Waals surface area contributed by atoms with Crippen LogP contribution in [0.15, 0.2) is 66.7 Å². The summed E-state index contributed by atoms with van der Waals surface area (Å²) in [6, 6.07) is 16.6. The van der Waals surface area contributed by atoms with Gasteiger partial charge in [0, 0.05) is 56.1 Å². The molecular formula is C30H31FN2O5. The third-order valence-electron chi connectivity index (χ3n) is 7.24. The first-order valence-corrected chi connectivity index (χ1v) is 12.4. The average molecular weight is 519 g/mol. The maximum atomic E-state index is 14.8. The first-order valence-electron chi connectivity index (χ1n) is 12.4. The highest BCUT2D eigenvalue weighted by Crippen LogP contribution is 2.42. The molecule has 8 heteroatoms. The van der Waals surface area contributed by atoms with Gasteiger partial charge in [0.15, 0.2) is 11.6 Å². The molecule has 0 radical (unpaired) electrons. The van der Waals surface area contributed by atoms with Crippen LogP contribution in [0, 0.1) is 24.6 Å². The van der Waals surface area contributed by atoms with E-state index in [1.807, 2.05) is 0 Å². The summed E-state index contributed by atoms with van der Waals surface area (Å²) in [6.07, 6.45) is 0. The van der Waals surface area contributed by atoms with E-state index in [0.717, 1.165) is 0 Å². The quantitative estimate of drug-likeness (QED) is 0.459. The van der Waals surface area contributed by atoms with E-state index in [9.17, 15) is 29.0 Å².